The number of aromatic hydroxyl groups is 4. The van der Waals surface area contributed by atoms with Crippen LogP contribution in [-0.4, -0.2) is 99.3 Å². The van der Waals surface area contributed by atoms with Gasteiger partial charge >= 0.3 is 5.97 Å². The lowest BCUT2D eigenvalue weighted by Gasteiger charge is -2.41. The van der Waals surface area contributed by atoms with Crippen LogP contribution in [0.25, 0.3) is 0 Å². The van der Waals surface area contributed by atoms with Crippen LogP contribution in [-0.2, 0) is 30.7 Å². The Bertz CT molecular complexity index is 2350. The number of hydrogen-bond acceptors (Lipinski definition) is 11. The van der Waals surface area contributed by atoms with Gasteiger partial charge in [-0.25, -0.2) is 4.79 Å². The molecule has 360 valence electrons. The molecule has 0 aromatic heterocycles. The fourth-order valence-electron chi connectivity index (χ4n) is 9.74. The third-order valence-electron chi connectivity index (χ3n) is 14.0. The van der Waals surface area contributed by atoms with Crippen LogP contribution in [0.4, 0.5) is 0 Å². The maximum atomic E-state index is 13.9. The third kappa shape index (κ3) is 10.2. The molecular formula is C52H70N2O12. The molecule has 7 N–H and O–H groups in total. The first kappa shape index (κ1) is 50.0. The second kappa shape index (κ2) is 20.2. The lowest BCUT2D eigenvalue weighted by atomic mass is 9.84. The number of fused-ring (bicyclic) bond motifs is 6. The fourth-order valence-corrected chi connectivity index (χ4v) is 9.74. The minimum absolute atomic E-state index is 0.000774. The van der Waals surface area contributed by atoms with Gasteiger partial charge in [0.25, 0.3) is 11.8 Å². The van der Waals surface area contributed by atoms with E-state index in [0.717, 1.165) is 30.6 Å². The number of rotatable bonds is 19. The van der Waals surface area contributed by atoms with E-state index in [0.29, 0.717) is 37.7 Å². The average molecular weight is 915 g/mol. The van der Waals surface area contributed by atoms with Crippen LogP contribution >= 0.6 is 0 Å². The quantitative estimate of drug-likeness (QED) is 0.0400. The van der Waals surface area contributed by atoms with Gasteiger partial charge in [-0.05, 0) is 126 Å². The summed E-state index contributed by atoms with van der Waals surface area (Å²) in [6.07, 6.45) is 13.0. The van der Waals surface area contributed by atoms with E-state index in [1.165, 1.54) is 27.2 Å². The molecule has 5 unspecified atom stereocenters. The molecule has 5 atom stereocenters. The molecule has 2 aromatic carbocycles. The number of allylic oxidation sites excluding steroid dienone is 8. The van der Waals surface area contributed by atoms with Gasteiger partial charge in [-0.15, -0.1) is 0 Å². The van der Waals surface area contributed by atoms with Crippen molar-refractivity contribution in [2.24, 2.45) is 0 Å². The van der Waals surface area contributed by atoms with E-state index < -0.39 is 70.2 Å². The first-order valence-corrected chi connectivity index (χ1v) is 23.4. The largest absolute Gasteiger partial charge is 0.504 e. The van der Waals surface area contributed by atoms with Gasteiger partial charge in [0, 0.05) is 41.6 Å². The number of carboxylic acid groups (broad SMARTS) is 1. The zero-order valence-corrected chi connectivity index (χ0v) is 39.9. The second-order valence-electron chi connectivity index (χ2n) is 19.8. The van der Waals surface area contributed by atoms with Gasteiger partial charge in [0.15, 0.2) is 23.0 Å². The molecule has 0 bridgehead atoms. The molecular weight excluding hydrogens is 845 g/mol. The van der Waals surface area contributed by atoms with Crippen LogP contribution < -0.4 is 9.47 Å². The number of aliphatic hydroxyl groups excluding tert-OH is 2. The number of hydrogen-bond donors (Lipinski definition) is 7. The molecule has 0 fully saturated rings. The number of amides is 2. The number of benzene rings is 2. The predicted octanol–water partition coefficient (Wildman–Crippen LogP) is 8.80. The topological polar surface area (TPSA) is 218 Å². The Balaban J connectivity index is 1.11. The Kier molecular flexibility index (Phi) is 15.3. The summed E-state index contributed by atoms with van der Waals surface area (Å²) in [7, 11) is 0. The van der Waals surface area contributed by atoms with Crippen molar-refractivity contribution >= 4 is 17.8 Å². The lowest BCUT2D eigenvalue weighted by molar-refractivity contribution is -0.142. The monoisotopic (exact) mass is 914 g/mol. The molecule has 4 aliphatic rings. The van der Waals surface area contributed by atoms with Crippen LogP contribution in [0.15, 0.2) is 46.6 Å². The highest BCUT2D eigenvalue weighted by Gasteiger charge is 2.49. The number of nitrogens with zero attached hydrogens (tertiary/aromatic N) is 2. The Labute approximate surface area is 388 Å². The van der Waals surface area contributed by atoms with E-state index in [4.69, 9.17) is 9.47 Å². The van der Waals surface area contributed by atoms with E-state index in [1.807, 2.05) is 6.92 Å². The number of aliphatic hydroxyl groups is 2. The van der Waals surface area contributed by atoms with Gasteiger partial charge < -0.3 is 55.0 Å². The number of ether oxygens (including phenoxy) is 2. The SMILES string of the molecule is CC(C)=CCC/C(C)=C/CCC1(C)Oc2c(c(O)c(O)c3c2CN(CCCCC(C(=O)O)N2Cc4c5c(c(O)c(O)c4C2=O)CC(O)C(C)(CC/C=C(\C)CCC=C(C)C)O5)C3=O)CC1O. The molecule has 14 heteroatoms. The highest BCUT2D eigenvalue weighted by molar-refractivity contribution is 6.05. The van der Waals surface area contributed by atoms with E-state index in [-0.39, 0.29) is 84.6 Å². The van der Waals surface area contributed by atoms with Gasteiger partial charge in [-0.1, -0.05) is 46.6 Å². The van der Waals surface area contributed by atoms with Gasteiger partial charge in [-0.2, -0.15) is 0 Å². The Hall–Kier alpha value is -5.47. The van der Waals surface area contributed by atoms with Crippen LogP contribution in [0.3, 0.4) is 0 Å². The molecule has 0 radical (unpaired) electrons. The molecule has 4 aliphatic heterocycles. The highest BCUT2D eigenvalue weighted by atomic mass is 16.5. The van der Waals surface area contributed by atoms with Crippen molar-refractivity contribution in [3.05, 3.63) is 80.0 Å². The van der Waals surface area contributed by atoms with E-state index in [9.17, 15) is 50.1 Å². The minimum Gasteiger partial charge on any atom is -0.504 e. The second-order valence-corrected chi connectivity index (χ2v) is 19.8. The van der Waals surface area contributed by atoms with Crippen molar-refractivity contribution in [2.75, 3.05) is 6.54 Å². The van der Waals surface area contributed by atoms with E-state index in [2.05, 4.69) is 65.8 Å². The standard InChI is InChI=1S/C52H70N2O12/c1-29(2)15-11-17-31(5)19-13-22-51(7)38(55)25-33-42(57)44(59)40-35(46(33)65-51)27-53(48(40)61)24-10-9-21-37(50(63)64)54-28-36-41(49(54)62)45(60)43(58)34-26-39(56)52(8,66-47(34)36)23-14-20-32(6)18-12-16-30(3)4/h15-16,19-20,37-39,55-60H,9-14,17-18,21-28H2,1-8H3,(H,63,64)/b31-19+,32-20+. The number of carbonyl (C=O) groups is 3. The van der Waals surface area contributed by atoms with Crippen molar-refractivity contribution in [3.8, 4) is 34.5 Å². The number of unbranched alkanes of at least 4 members (excludes halogenated alkanes) is 1. The normalized spacial score (nSPS) is 22.8. The summed E-state index contributed by atoms with van der Waals surface area (Å²) in [5.41, 5.74) is 3.59. The summed E-state index contributed by atoms with van der Waals surface area (Å²) in [6, 6.07) is -1.32. The van der Waals surface area contributed by atoms with E-state index in [1.54, 1.807) is 6.92 Å². The minimum atomic E-state index is -1.32. The van der Waals surface area contributed by atoms with E-state index >= 15 is 0 Å². The maximum absolute atomic E-state index is 13.9. The molecule has 66 heavy (non-hydrogen) atoms. The number of carbonyl (C=O) groups excluding carboxylic acids is 2. The number of aliphatic carboxylic acids is 1. The first-order valence-electron chi connectivity index (χ1n) is 23.4. The third-order valence-corrected chi connectivity index (χ3v) is 14.0. The van der Waals surface area contributed by atoms with Crippen LogP contribution in [0.5, 0.6) is 34.5 Å². The fraction of sp³-hybridized carbons (Fsp3) is 0.558. The van der Waals surface area contributed by atoms with Crippen molar-refractivity contribution in [2.45, 2.75) is 181 Å². The Morgan fingerprint density at radius 2 is 1.11 bits per heavy atom. The number of phenolic OH excluding ortho intramolecular Hbond substituents is 4. The number of phenols is 4. The first-order chi connectivity index (χ1) is 31.1. The van der Waals surface area contributed by atoms with Crippen molar-refractivity contribution in [3.63, 3.8) is 0 Å². The lowest BCUT2D eigenvalue weighted by Crippen LogP contribution is -2.49. The van der Waals surface area contributed by atoms with Crippen LogP contribution in [0.2, 0.25) is 0 Å². The number of carboxylic acids is 1. The van der Waals surface area contributed by atoms with Crippen molar-refractivity contribution < 1.29 is 59.6 Å². The smallest absolute Gasteiger partial charge is 0.326 e. The summed E-state index contributed by atoms with van der Waals surface area (Å²) >= 11 is 0. The highest BCUT2D eigenvalue weighted by Crippen LogP contribution is 2.53. The van der Waals surface area contributed by atoms with Gasteiger partial charge in [0.2, 0.25) is 0 Å². The average Bonchev–Trinajstić information content (AvgIpc) is 3.76. The molecule has 6 rings (SSSR count). The predicted molar refractivity (Wildman–Crippen MR) is 250 cm³/mol. The van der Waals surface area contributed by atoms with Crippen LogP contribution in [0.1, 0.15) is 169 Å². The van der Waals surface area contributed by atoms with Crippen LogP contribution in [0, 0.1) is 0 Å². The summed E-state index contributed by atoms with van der Waals surface area (Å²) in [6.45, 7) is 16.0. The molecule has 0 saturated heterocycles. The maximum Gasteiger partial charge on any atom is 0.326 e. The summed E-state index contributed by atoms with van der Waals surface area (Å²) in [5.74, 6) is -4.46. The molecule has 2 amide bonds. The van der Waals surface area contributed by atoms with Gasteiger partial charge in [0.05, 0.1) is 36.4 Å². The molecule has 14 nitrogen and oxygen atoms in total. The summed E-state index contributed by atoms with van der Waals surface area (Å²) < 4.78 is 13.0. The molecule has 0 spiro atoms. The van der Waals surface area contributed by atoms with Gasteiger partial charge in [0.1, 0.15) is 28.7 Å². The molecule has 2 aromatic rings. The summed E-state index contributed by atoms with van der Waals surface area (Å²) in [5, 5.41) is 77.2. The zero-order valence-electron chi connectivity index (χ0n) is 39.9. The Morgan fingerprint density at radius 1 is 0.652 bits per heavy atom. The van der Waals surface area contributed by atoms with Gasteiger partial charge in [-0.3, -0.25) is 9.59 Å². The summed E-state index contributed by atoms with van der Waals surface area (Å²) in [4.78, 5) is 43.2. The van der Waals surface area contributed by atoms with Crippen molar-refractivity contribution in [1.82, 2.24) is 9.80 Å². The van der Waals surface area contributed by atoms with Crippen molar-refractivity contribution in [1.29, 1.82) is 0 Å². The molecule has 4 heterocycles. The Morgan fingerprint density at radius 3 is 1.56 bits per heavy atom. The molecule has 0 aliphatic carbocycles. The molecule has 0 saturated carbocycles. The zero-order chi connectivity index (χ0) is 48.4.